The first kappa shape index (κ1) is 28.2. The zero-order valence-electron chi connectivity index (χ0n) is 26.9. The van der Waals surface area contributed by atoms with E-state index in [1.807, 2.05) is 72.8 Å². The molecule has 0 atom stereocenters. The van der Waals surface area contributed by atoms with Crippen molar-refractivity contribution in [2.24, 2.45) is 0 Å². The van der Waals surface area contributed by atoms with Crippen molar-refractivity contribution in [3.63, 3.8) is 0 Å². The van der Waals surface area contributed by atoms with E-state index in [4.69, 9.17) is 19.4 Å². The fraction of sp³-hybridized carbons (Fsp3) is 0. The van der Waals surface area contributed by atoms with Gasteiger partial charge in [-0.1, -0.05) is 127 Å². The Morgan fingerprint density at radius 1 is 0.380 bits per heavy atom. The van der Waals surface area contributed by atoms with Gasteiger partial charge in [0, 0.05) is 43.9 Å². The number of hydrogen-bond acceptors (Lipinski definition) is 4. The minimum absolute atomic E-state index is 0.625. The Balaban J connectivity index is 1.21. The van der Waals surface area contributed by atoms with Gasteiger partial charge in [0.05, 0.1) is 11.0 Å². The molecule has 10 aromatic rings. The predicted octanol–water partition coefficient (Wildman–Crippen LogP) is 11.5. The summed E-state index contributed by atoms with van der Waals surface area (Å²) in [4.78, 5) is 15.0. The van der Waals surface area contributed by atoms with Gasteiger partial charge in [0.2, 0.25) is 0 Å². The average molecular weight is 641 g/mol. The van der Waals surface area contributed by atoms with E-state index in [0.29, 0.717) is 17.5 Å². The Labute approximate surface area is 287 Å². The first-order chi connectivity index (χ1) is 24.8. The van der Waals surface area contributed by atoms with Crippen LogP contribution in [-0.4, -0.2) is 19.5 Å². The van der Waals surface area contributed by atoms with Gasteiger partial charge >= 0.3 is 0 Å². The molecule has 50 heavy (non-hydrogen) atoms. The van der Waals surface area contributed by atoms with Crippen LogP contribution in [0.3, 0.4) is 0 Å². The summed E-state index contributed by atoms with van der Waals surface area (Å²) in [6.07, 6.45) is 0. The van der Waals surface area contributed by atoms with Crippen LogP contribution in [0.1, 0.15) is 0 Å². The second kappa shape index (κ2) is 11.4. The summed E-state index contributed by atoms with van der Waals surface area (Å²) < 4.78 is 8.65. The summed E-state index contributed by atoms with van der Waals surface area (Å²) >= 11 is 0. The van der Waals surface area contributed by atoms with Crippen LogP contribution < -0.4 is 0 Å². The predicted molar refractivity (Wildman–Crippen MR) is 203 cm³/mol. The molecule has 0 amide bonds. The molecule has 3 aromatic heterocycles. The second-order valence-corrected chi connectivity index (χ2v) is 12.5. The molecular weight excluding hydrogens is 613 g/mol. The quantitative estimate of drug-likeness (QED) is 0.188. The van der Waals surface area contributed by atoms with Gasteiger partial charge in [0.15, 0.2) is 17.5 Å². The third-order valence-electron chi connectivity index (χ3n) is 9.45. The summed E-state index contributed by atoms with van der Waals surface area (Å²) in [5.74, 6) is 1.91. The van der Waals surface area contributed by atoms with Crippen molar-refractivity contribution in [1.29, 1.82) is 0 Å². The minimum Gasteiger partial charge on any atom is -0.456 e. The zero-order chi connectivity index (χ0) is 33.0. The molecule has 0 radical (unpaired) electrons. The van der Waals surface area contributed by atoms with Crippen molar-refractivity contribution in [1.82, 2.24) is 19.5 Å². The van der Waals surface area contributed by atoms with E-state index < -0.39 is 0 Å². The molecule has 3 heterocycles. The molecule has 0 spiro atoms. The maximum atomic E-state index is 6.31. The highest BCUT2D eigenvalue weighted by atomic mass is 16.3. The lowest BCUT2D eigenvalue weighted by molar-refractivity contribution is 0.669. The lowest BCUT2D eigenvalue weighted by atomic mass is 9.98. The maximum Gasteiger partial charge on any atom is 0.164 e. The second-order valence-electron chi connectivity index (χ2n) is 12.5. The van der Waals surface area contributed by atoms with E-state index in [9.17, 15) is 0 Å². The minimum atomic E-state index is 0.625. The number of furan rings is 1. The van der Waals surface area contributed by atoms with E-state index in [1.165, 1.54) is 5.39 Å². The highest BCUT2D eigenvalue weighted by Crippen LogP contribution is 2.41. The van der Waals surface area contributed by atoms with Gasteiger partial charge in [0.1, 0.15) is 11.2 Å². The number of para-hydroxylation sites is 2. The zero-order valence-corrected chi connectivity index (χ0v) is 26.9. The third-order valence-corrected chi connectivity index (χ3v) is 9.45. The van der Waals surface area contributed by atoms with Crippen LogP contribution in [0.15, 0.2) is 174 Å². The normalized spacial score (nSPS) is 11.6. The van der Waals surface area contributed by atoms with Crippen LogP contribution in [0.2, 0.25) is 0 Å². The van der Waals surface area contributed by atoms with Gasteiger partial charge in [0.25, 0.3) is 0 Å². The number of nitrogens with zero attached hydrogens (tertiary/aromatic N) is 4. The van der Waals surface area contributed by atoms with Gasteiger partial charge in [-0.2, -0.15) is 0 Å². The molecule has 0 aliphatic rings. The summed E-state index contributed by atoms with van der Waals surface area (Å²) in [7, 11) is 0. The lowest BCUT2D eigenvalue weighted by Crippen LogP contribution is -2.00. The topological polar surface area (TPSA) is 56.7 Å². The summed E-state index contributed by atoms with van der Waals surface area (Å²) in [5.41, 5.74) is 10.1. The van der Waals surface area contributed by atoms with Crippen molar-refractivity contribution in [3.8, 4) is 51.0 Å². The molecular formula is C45H28N4O. The number of fused-ring (bicyclic) bond motifs is 6. The fourth-order valence-electron chi connectivity index (χ4n) is 7.13. The van der Waals surface area contributed by atoms with Gasteiger partial charge in [-0.25, -0.2) is 15.0 Å². The number of rotatable bonds is 5. The molecule has 0 aliphatic heterocycles. The van der Waals surface area contributed by atoms with E-state index >= 15 is 0 Å². The molecule has 234 valence electrons. The van der Waals surface area contributed by atoms with E-state index in [2.05, 4.69) is 102 Å². The van der Waals surface area contributed by atoms with Crippen molar-refractivity contribution >= 4 is 43.7 Å². The highest BCUT2D eigenvalue weighted by Gasteiger charge is 2.19. The highest BCUT2D eigenvalue weighted by molar-refractivity contribution is 6.17. The molecule has 0 N–H and O–H groups in total. The van der Waals surface area contributed by atoms with Crippen LogP contribution in [0.4, 0.5) is 0 Å². The molecule has 0 aliphatic carbocycles. The molecule has 5 nitrogen and oxygen atoms in total. The number of hydrogen-bond donors (Lipinski definition) is 0. The largest absolute Gasteiger partial charge is 0.456 e. The Bertz CT molecular complexity index is 2800. The molecule has 0 saturated carbocycles. The van der Waals surface area contributed by atoms with Gasteiger partial charge in [-0.15, -0.1) is 0 Å². The summed E-state index contributed by atoms with van der Waals surface area (Å²) in [5, 5.41) is 4.58. The van der Waals surface area contributed by atoms with Crippen LogP contribution in [-0.2, 0) is 0 Å². The molecule has 0 saturated heterocycles. The van der Waals surface area contributed by atoms with E-state index in [-0.39, 0.29) is 0 Å². The number of aromatic nitrogens is 4. The molecule has 0 unspecified atom stereocenters. The SMILES string of the molecule is c1ccc(-c2nc(-c3ccccc3)nc(-c3ccc4c5c(-c6ccc7c(c6)oc6ccccc67)cccc5n(-c5ccccc5)c4c3)n2)cc1. The Kier molecular flexibility index (Phi) is 6.42. The standard InChI is InChI=1S/C45H28N4O/c1-4-13-29(14-5-1)43-46-44(30-15-6-2-7-16-30)48-45(47-43)32-24-26-37-39(27-32)49(33-17-8-3-9-18-33)38-21-12-20-34(42(37)38)31-23-25-36-35-19-10-11-22-40(35)50-41(36)28-31/h1-28H. The summed E-state index contributed by atoms with van der Waals surface area (Å²) in [6, 6.07) is 58.6. The first-order valence-corrected chi connectivity index (χ1v) is 16.7. The average Bonchev–Trinajstić information content (AvgIpc) is 3.74. The van der Waals surface area contributed by atoms with Crippen LogP contribution in [0, 0.1) is 0 Å². The molecule has 10 rings (SSSR count). The van der Waals surface area contributed by atoms with Gasteiger partial charge in [-0.3, -0.25) is 0 Å². The van der Waals surface area contributed by atoms with E-state index in [1.54, 1.807) is 0 Å². The molecule has 0 bridgehead atoms. The van der Waals surface area contributed by atoms with Crippen LogP contribution in [0.5, 0.6) is 0 Å². The third kappa shape index (κ3) is 4.60. The maximum absolute atomic E-state index is 6.31. The van der Waals surface area contributed by atoms with Gasteiger partial charge < -0.3 is 8.98 Å². The van der Waals surface area contributed by atoms with Crippen molar-refractivity contribution < 1.29 is 4.42 Å². The Morgan fingerprint density at radius 2 is 0.960 bits per heavy atom. The van der Waals surface area contributed by atoms with Crippen molar-refractivity contribution in [2.75, 3.05) is 0 Å². The van der Waals surface area contributed by atoms with Crippen molar-refractivity contribution in [2.45, 2.75) is 0 Å². The smallest absolute Gasteiger partial charge is 0.164 e. The Morgan fingerprint density at radius 3 is 1.68 bits per heavy atom. The van der Waals surface area contributed by atoms with Gasteiger partial charge in [-0.05, 0) is 53.6 Å². The van der Waals surface area contributed by atoms with Crippen molar-refractivity contribution in [3.05, 3.63) is 170 Å². The van der Waals surface area contributed by atoms with Crippen LogP contribution >= 0.6 is 0 Å². The number of benzene rings is 7. The first-order valence-electron chi connectivity index (χ1n) is 16.7. The monoisotopic (exact) mass is 640 g/mol. The van der Waals surface area contributed by atoms with E-state index in [0.717, 1.165) is 71.9 Å². The Hall–Kier alpha value is -6.85. The fourth-order valence-corrected chi connectivity index (χ4v) is 7.13. The molecule has 0 fully saturated rings. The molecule has 5 heteroatoms. The summed E-state index contributed by atoms with van der Waals surface area (Å²) in [6.45, 7) is 0. The molecule has 7 aromatic carbocycles. The van der Waals surface area contributed by atoms with Crippen LogP contribution in [0.25, 0.3) is 94.7 Å². The lowest BCUT2D eigenvalue weighted by Gasteiger charge is -2.10.